The molecule has 0 aromatic heterocycles. The fraction of sp³-hybridized carbons (Fsp3) is 0.333. The molecule has 4 heteroatoms. The van der Waals surface area contributed by atoms with Crippen LogP contribution in [0.2, 0.25) is 5.02 Å². The van der Waals surface area contributed by atoms with Gasteiger partial charge in [-0.25, -0.2) is 0 Å². The first kappa shape index (κ1) is 15.7. The third kappa shape index (κ3) is 3.60. The van der Waals surface area contributed by atoms with Crippen LogP contribution in [0.1, 0.15) is 11.1 Å². The van der Waals surface area contributed by atoms with Crippen molar-refractivity contribution in [1.29, 1.82) is 0 Å². The van der Waals surface area contributed by atoms with Gasteiger partial charge in [-0.05, 0) is 55.3 Å². The van der Waals surface area contributed by atoms with E-state index in [0.29, 0.717) is 0 Å². The van der Waals surface area contributed by atoms with Gasteiger partial charge in [-0.1, -0.05) is 29.4 Å². The van der Waals surface area contributed by atoms with E-state index in [0.717, 1.165) is 31.2 Å². The highest BCUT2D eigenvalue weighted by Gasteiger charge is 2.17. The van der Waals surface area contributed by atoms with Crippen molar-refractivity contribution in [2.24, 2.45) is 0 Å². The molecule has 1 aliphatic rings. The zero-order chi connectivity index (χ0) is 15.5. The van der Waals surface area contributed by atoms with Gasteiger partial charge in [0.05, 0.1) is 5.69 Å². The third-order valence-electron chi connectivity index (χ3n) is 3.89. The smallest absolute Gasteiger partial charge is 0.0514 e. The summed E-state index contributed by atoms with van der Waals surface area (Å²) in [4.78, 5) is 5.08. The molecule has 2 nitrogen and oxygen atoms in total. The minimum Gasteiger partial charge on any atom is -0.368 e. The normalized spacial score (nSPS) is 15.1. The molecule has 0 spiro atoms. The zero-order valence-electron chi connectivity index (χ0n) is 13.0. The Morgan fingerprint density at radius 1 is 1.05 bits per heavy atom. The molecular formula is C18H21ClN2S. The second-order valence-electron chi connectivity index (χ2n) is 5.72. The van der Waals surface area contributed by atoms with Gasteiger partial charge in [-0.3, -0.25) is 0 Å². The molecule has 0 unspecified atom stereocenters. The van der Waals surface area contributed by atoms with Crippen molar-refractivity contribution < 1.29 is 0 Å². The monoisotopic (exact) mass is 332 g/mol. The lowest BCUT2D eigenvalue weighted by Gasteiger charge is -2.32. The van der Waals surface area contributed by atoms with Crippen LogP contribution in [0.25, 0.3) is 0 Å². The average molecular weight is 333 g/mol. The summed E-state index contributed by atoms with van der Waals surface area (Å²) in [6.07, 6.45) is 0. The van der Waals surface area contributed by atoms with E-state index < -0.39 is 0 Å². The maximum atomic E-state index is 6.00. The van der Waals surface area contributed by atoms with E-state index in [2.05, 4.69) is 48.3 Å². The van der Waals surface area contributed by atoms with Gasteiger partial charge in [0.25, 0.3) is 0 Å². The molecule has 2 aromatic carbocycles. The highest BCUT2D eigenvalue weighted by molar-refractivity contribution is 7.99. The van der Waals surface area contributed by atoms with Crippen LogP contribution in [0.4, 0.5) is 5.69 Å². The van der Waals surface area contributed by atoms with E-state index in [1.54, 1.807) is 0 Å². The van der Waals surface area contributed by atoms with E-state index in [9.17, 15) is 0 Å². The maximum absolute atomic E-state index is 6.00. The Hall–Kier alpha value is -1.16. The first-order valence-corrected chi connectivity index (χ1v) is 8.83. The largest absolute Gasteiger partial charge is 0.368 e. The van der Waals surface area contributed by atoms with Crippen molar-refractivity contribution in [3.8, 4) is 0 Å². The van der Waals surface area contributed by atoms with Gasteiger partial charge in [0.15, 0.2) is 0 Å². The Kier molecular flexibility index (Phi) is 4.97. The van der Waals surface area contributed by atoms with Crippen molar-refractivity contribution in [3.63, 3.8) is 0 Å². The number of benzene rings is 2. The number of piperazine rings is 1. The summed E-state index contributed by atoms with van der Waals surface area (Å²) < 4.78 is 0. The molecule has 0 amide bonds. The van der Waals surface area contributed by atoms with E-state index in [-0.39, 0.29) is 0 Å². The lowest BCUT2D eigenvalue weighted by molar-refractivity contribution is 0.586. The van der Waals surface area contributed by atoms with Gasteiger partial charge in [0, 0.05) is 41.0 Å². The van der Waals surface area contributed by atoms with Crippen LogP contribution in [0.3, 0.4) is 0 Å². The van der Waals surface area contributed by atoms with E-state index in [1.165, 1.54) is 26.6 Å². The Balaban J connectivity index is 1.95. The van der Waals surface area contributed by atoms with Crippen LogP contribution in [0.15, 0.2) is 46.2 Å². The highest BCUT2D eigenvalue weighted by atomic mass is 35.5. The number of rotatable bonds is 3. The summed E-state index contributed by atoms with van der Waals surface area (Å²) in [6.45, 7) is 8.62. The van der Waals surface area contributed by atoms with E-state index in [1.807, 2.05) is 23.9 Å². The Labute approximate surface area is 141 Å². The first-order valence-electron chi connectivity index (χ1n) is 7.64. The Morgan fingerprint density at radius 2 is 1.73 bits per heavy atom. The maximum Gasteiger partial charge on any atom is 0.0514 e. The fourth-order valence-corrected chi connectivity index (χ4v) is 3.97. The fourth-order valence-electron chi connectivity index (χ4n) is 2.83. The third-order valence-corrected chi connectivity index (χ3v) is 5.39. The molecule has 22 heavy (non-hydrogen) atoms. The molecule has 3 rings (SSSR count). The summed E-state index contributed by atoms with van der Waals surface area (Å²) in [5, 5.41) is 4.21. The first-order chi connectivity index (χ1) is 10.6. The second kappa shape index (κ2) is 6.95. The number of halogens is 1. The Bertz CT molecular complexity index is 649. The van der Waals surface area contributed by atoms with Gasteiger partial charge >= 0.3 is 0 Å². The Morgan fingerprint density at radius 3 is 2.41 bits per heavy atom. The van der Waals surface area contributed by atoms with Crippen LogP contribution >= 0.6 is 23.4 Å². The number of hydrogen-bond acceptors (Lipinski definition) is 3. The molecule has 0 radical (unpaired) electrons. The highest BCUT2D eigenvalue weighted by Crippen LogP contribution is 2.39. The SMILES string of the molecule is Cc1cc(C)c(Sc2ccc(Cl)cc2)c(N2CCNCC2)c1. The summed E-state index contributed by atoms with van der Waals surface area (Å²) >= 11 is 7.83. The van der Waals surface area contributed by atoms with Crippen molar-refractivity contribution in [2.75, 3.05) is 31.1 Å². The summed E-state index contributed by atoms with van der Waals surface area (Å²) in [6, 6.07) is 12.7. The molecule has 2 aromatic rings. The van der Waals surface area contributed by atoms with Crippen LogP contribution in [-0.2, 0) is 0 Å². The quantitative estimate of drug-likeness (QED) is 0.889. The molecule has 1 aliphatic heterocycles. The van der Waals surface area contributed by atoms with Crippen LogP contribution < -0.4 is 10.2 Å². The van der Waals surface area contributed by atoms with E-state index >= 15 is 0 Å². The van der Waals surface area contributed by atoms with Crippen molar-refractivity contribution >= 4 is 29.1 Å². The van der Waals surface area contributed by atoms with Gasteiger partial charge in [-0.15, -0.1) is 0 Å². The molecule has 0 saturated carbocycles. The van der Waals surface area contributed by atoms with Crippen LogP contribution in [0, 0.1) is 13.8 Å². The molecular weight excluding hydrogens is 312 g/mol. The van der Waals surface area contributed by atoms with Crippen molar-refractivity contribution in [2.45, 2.75) is 23.6 Å². The minimum atomic E-state index is 0.785. The van der Waals surface area contributed by atoms with Crippen molar-refractivity contribution in [3.05, 3.63) is 52.5 Å². The molecule has 1 saturated heterocycles. The van der Waals surface area contributed by atoms with E-state index in [4.69, 9.17) is 11.6 Å². The minimum absolute atomic E-state index is 0.785. The molecule has 1 heterocycles. The predicted octanol–water partition coefficient (Wildman–Crippen LogP) is 4.52. The molecule has 1 fully saturated rings. The van der Waals surface area contributed by atoms with Gasteiger partial charge in [-0.2, -0.15) is 0 Å². The predicted molar refractivity (Wildman–Crippen MR) is 96.6 cm³/mol. The summed E-state index contributed by atoms with van der Waals surface area (Å²) in [7, 11) is 0. The molecule has 116 valence electrons. The number of hydrogen-bond donors (Lipinski definition) is 1. The lowest BCUT2D eigenvalue weighted by Crippen LogP contribution is -2.43. The van der Waals surface area contributed by atoms with Gasteiger partial charge in [0.1, 0.15) is 0 Å². The van der Waals surface area contributed by atoms with Crippen LogP contribution in [0.5, 0.6) is 0 Å². The lowest BCUT2D eigenvalue weighted by atomic mass is 10.1. The van der Waals surface area contributed by atoms with Gasteiger partial charge < -0.3 is 10.2 Å². The molecule has 0 atom stereocenters. The van der Waals surface area contributed by atoms with Gasteiger partial charge in [0.2, 0.25) is 0 Å². The number of nitrogens with zero attached hydrogens (tertiary/aromatic N) is 1. The summed E-state index contributed by atoms with van der Waals surface area (Å²) in [5.74, 6) is 0. The number of anilines is 1. The zero-order valence-corrected chi connectivity index (χ0v) is 14.6. The topological polar surface area (TPSA) is 15.3 Å². The molecule has 1 N–H and O–H groups in total. The molecule has 0 aliphatic carbocycles. The van der Waals surface area contributed by atoms with Crippen LogP contribution in [-0.4, -0.2) is 26.2 Å². The summed E-state index contributed by atoms with van der Waals surface area (Å²) in [5.41, 5.74) is 4.03. The van der Waals surface area contributed by atoms with Crippen molar-refractivity contribution in [1.82, 2.24) is 5.32 Å². The molecule has 0 bridgehead atoms. The average Bonchev–Trinajstić information content (AvgIpc) is 2.52. The number of aryl methyl sites for hydroxylation is 2. The second-order valence-corrected chi connectivity index (χ2v) is 7.24. The number of nitrogens with one attached hydrogen (secondary N) is 1. The standard InChI is InChI=1S/C18H21ClN2S/c1-13-11-14(2)18(22-16-5-3-15(19)4-6-16)17(12-13)21-9-7-20-8-10-21/h3-6,11-12,20H,7-10H2,1-2H3.